The number of alkyl halides is 3. The summed E-state index contributed by atoms with van der Waals surface area (Å²) >= 11 is 0. The lowest BCUT2D eigenvalue weighted by atomic mass is 9.87. The predicted octanol–water partition coefficient (Wildman–Crippen LogP) is 4.92. The predicted molar refractivity (Wildman–Crippen MR) is 81.4 cm³/mol. The molecule has 0 radical (unpaired) electrons. The van der Waals surface area contributed by atoms with Crippen LogP contribution in [-0.2, 0) is 6.18 Å². The molecule has 0 fully saturated rings. The molecule has 1 aliphatic carbocycles. The topological polar surface area (TPSA) is 29.1 Å². The van der Waals surface area contributed by atoms with Crippen molar-refractivity contribution in [2.45, 2.75) is 19.0 Å². The molecule has 0 aliphatic heterocycles. The van der Waals surface area contributed by atoms with Crippen LogP contribution in [0.4, 0.5) is 22.0 Å². The molecule has 0 spiro atoms. The van der Waals surface area contributed by atoms with Gasteiger partial charge in [0, 0.05) is 17.3 Å². The van der Waals surface area contributed by atoms with E-state index >= 15 is 0 Å². The van der Waals surface area contributed by atoms with E-state index in [9.17, 15) is 26.7 Å². The Kier molecular flexibility index (Phi) is 4.32. The Labute approximate surface area is 140 Å². The van der Waals surface area contributed by atoms with Crippen molar-refractivity contribution in [1.82, 2.24) is 5.32 Å². The van der Waals surface area contributed by atoms with Gasteiger partial charge in [-0.15, -0.1) is 0 Å². The van der Waals surface area contributed by atoms with E-state index in [-0.39, 0.29) is 5.56 Å². The van der Waals surface area contributed by atoms with Crippen LogP contribution in [-0.4, -0.2) is 5.91 Å². The third kappa shape index (κ3) is 3.40. The lowest BCUT2D eigenvalue weighted by molar-refractivity contribution is -0.137. The molecule has 7 heteroatoms. The van der Waals surface area contributed by atoms with Crippen molar-refractivity contribution in [2.24, 2.45) is 0 Å². The molecule has 3 rings (SSSR count). The lowest BCUT2D eigenvalue weighted by Gasteiger charge is -2.25. The zero-order valence-corrected chi connectivity index (χ0v) is 12.8. The van der Waals surface area contributed by atoms with Gasteiger partial charge in [0.25, 0.3) is 5.91 Å². The minimum absolute atomic E-state index is 0.132. The molecule has 25 heavy (non-hydrogen) atoms. The standard InChI is InChI=1S/C18H12F5NO/c19-10-5-6-11(15(20)9-10)12-7-8-16(12)24-17(25)13-3-1-2-4-14(13)18(21,22)23/h1-6,9H,7-8H2,(H,24,25). The number of carbonyl (C=O) groups excluding carboxylic acids is 1. The molecule has 0 heterocycles. The molecule has 0 saturated heterocycles. The minimum Gasteiger partial charge on any atom is -0.325 e. The molecule has 0 bridgehead atoms. The van der Waals surface area contributed by atoms with Gasteiger partial charge in [-0.1, -0.05) is 12.1 Å². The normalized spacial score (nSPS) is 14.3. The molecule has 0 aromatic heterocycles. The number of hydrogen-bond acceptors (Lipinski definition) is 1. The summed E-state index contributed by atoms with van der Waals surface area (Å²) in [5, 5.41) is 2.42. The third-order valence-electron chi connectivity index (χ3n) is 3.99. The van der Waals surface area contributed by atoms with E-state index < -0.39 is 34.8 Å². The Morgan fingerprint density at radius 3 is 2.32 bits per heavy atom. The summed E-state index contributed by atoms with van der Waals surface area (Å²) in [6.07, 6.45) is -3.82. The zero-order chi connectivity index (χ0) is 18.2. The number of halogens is 5. The van der Waals surface area contributed by atoms with E-state index in [1.54, 1.807) is 0 Å². The van der Waals surface area contributed by atoms with Crippen LogP contribution in [0, 0.1) is 11.6 Å². The highest BCUT2D eigenvalue weighted by molar-refractivity contribution is 5.98. The van der Waals surface area contributed by atoms with Gasteiger partial charge in [0.15, 0.2) is 0 Å². The molecular formula is C18H12F5NO. The second-order valence-electron chi connectivity index (χ2n) is 5.58. The second kappa shape index (κ2) is 6.31. The van der Waals surface area contributed by atoms with Gasteiger partial charge in [-0.05, 0) is 42.7 Å². The van der Waals surface area contributed by atoms with Gasteiger partial charge in [-0.2, -0.15) is 13.2 Å². The molecule has 1 amide bonds. The molecule has 2 aromatic rings. The Morgan fingerprint density at radius 1 is 1.00 bits per heavy atom. The average molecular weight is 353 g/mol. The summed E-state index contributed by atoms with van der Waals surface area (Å²) < 4.78 is 65.8. The van der Waals surface area contributed by atoms with Gasteiger partial charge in [0.05, 0.1) is 11.1 Å². The number of hydrogen-bond donors (Lipinski definition) is 1. The van der Waals surface area contributed by atoms with Gasteiger partial charge >= 0.3 is 6.18 Å². The maximum absolute atomic E-state index is 13.8. The first-order valence-corrected chi connectivity index (χ1v) is 7.42. The van der Waals surface area contributed by atoms with Crippen LogP contribution >= 0.6 is 0 Å². The van der Waals surface area contributed by atoms with Crippen molar-refractivity contribution in [3.8, 4) is 0 Å². The summed E-state index contributed by atoms with van der Waals surface area (Å²) in [5.41, 5.74) is -0.620. The first-order valence-electron chi connectivity index (χ1n) is 7.42. The van der Waals surface area contributed by atoms with Gasteiger partial charge in [-0.25, -0.2) is 8.78 Å². The average Bonchev–Trinajstić information content (AvgIpc) is 2.53. The SMILES string of the molecule is O=C(NC1=C(c2ccc(F)cc2F)CC1)c1ccccc1C(F)(F)F. The molecule has 0 atom stereocenters. The van der Waals surface area contributed by atoms with Gasteiger partial charge in [0.1, 0.15) is 11.6 Å². The van der Waals surface area contributed by atoms with E-state index in [4.69, 9.17) is 0 Å². The second-order valence-corrected chi connectivity index (χ2v) is 5.58. The van der Waals surface area contributed by atoms with Crippen LogP contribution < -0.4 is 5.32 Å². The van der Waals surface area contributed by atoms with E-state index in [1.807, 2.05) is 0 Å². The molecule has 130 valence electrons. The number of amides is 1. The van der Waals surface area contributed by atoms with Gasteiger partial charge < -0.3 is 5.32 Å². The Morgan fingerprint density at radius 2 is 1.72 bits per heavy atom. The van der Waals surface area contributed by atoms with Crippen molar-refractivity contribution >= 4 is 11.5 Å². The van der Waals surface area contributed by atoms with Crippen LogP contribution in [0.3, 0.4) is 0 Å². The zero-order valence-electron chi connectivity index (χ0n) is 12.8. The van der Waals surface area contributed by atoms with E-state index in [2.05, 4.69) is 5.32 Å². The molecular weight excluding hydrogens is 341 g/mol. The third-order valence-corrected chi connectivity index (χ3v) is 3.99. The molecule has 0 unspecified atom stereocenters. The van der Waals surface area contributed by atoms with Gasteiger partial charge in [-0.3, -0.25) is 4.79 Å². The number of benzene rings is 2. The highest BCUT2D eigenvalue weighted by atomic mass is 19.4. The fourth-order valence-electron chi connectivity index (χ4n) is 2.68. The van der Waals surface area contributed by atoms with Crippen LogP contribution in [0.2, 0.25) is 0 Å². The number of rotatable bonds is 3. The maximum atomic E-state index is 13.8. The quantitative estimate of drug-likeness (QED) is 0.780. The van der Waals surface area contributed by atoms with Gasteiger partial charge in [0.2, 0.25) is 0 Å². The maximum Gasteiger partial charge on any atom is 0.417 e. The highest BCUT2D eigenvalue weighted by Crippen LogP contribution is 2.37. The largest absolute Gasteiger partial charge is 0.417 e. The first-order chi connectivity index (χ1) is 11.8. The van der Waals surface area contributed by atoms with Crippen LogP contribution in [0.15, 0.2) is 48.2 Å². The summed E-state index contributed by atoms with van der Waals surface area (Å²) in [5.74, 6) is -2.43. The number of allylic oxidation sites excluding steroid dienone is 2. The van der Waals surface area contributed by atoms with Crippen LogP contribution in [0.5, 0.6) is 0 Å². The fourth-order valence-corrected chi connectivity index (χ4v) is 2.68. The highest BCUT2D eigenvalue weighted by Gasteiger charge is 2.35. The van der Waals surface area contributed by atoms with Crippen LogP contribution in [0.25, 0.3) is 5.57 Å². The monoisotopic (exact) mass is 353 g/mol. The van der Waals surface area contributed by atoms with Crippen molar-refractivity contribution in [2.75, 3.05) is 0 Å². The minimum atomic E-state index is -4.66. The van der Waals surface area contributed by atoms with Crippen molar-refractivity contribution in [3.05, 3.63) is 76.5 Å². The number of nitrogens with one attached hydrogen (secondary N) is 1. The first kappa shape index (κ1) is 17.1. The Hall–Kier alpha value is -2.70. The number of carbonyl (C=O) groups is 1. The van der Waals surface area contributed by atoms with E-state index in [0.29, 0.717) is 24.1 Å². The van der Waals surface area contributed by atoms with E-state index in [1.165, 1.54) is 18.2 Å². The van der Waals surface area contributed by atoms with Crippen molar-refractivity contribution < 1.29 is 26.7 Å². The molecule has 1 aliphatic rings. The van der Waals surface area contributed by atoms with E-state index in [0.717, 1.165) is 24.3 Å². The van der Waals surface area contributed by atoms with Crippen molar-refractivity contribution in [1.29, 1.82) is 0 Å². The van der Waals surface area contributed by atoms with Crippen LogP contribution in [0.1, 0.15) is 34.3 Å². The Balaban J connectivity index is 1.89. The lowest BCUT2D eigenvalue weighted by Crippen LogP contribution is -2.29. The summed E-state index contributed by atoms with van der Waals surface area (Å²) in [6.45, 7) is 0. The van der Waals surface area contributed by atoms with Crippen molar-refractivity contribution in [3.63, 3.8) is 0 Å². The smallest absolute Gasteiger partial charge is 0.325 e. The molecule has 2 nitrogen and oxygen atoms in total. The fraction of sp³-hybridized carbons (Fsp3) is 0.167. The molecule has 2 aromatic carbocycles. The summed E-state index contributed by atoms with van der Waals surface area (Å²) in [6, 6.07) is 7.48. The summed E-state index contributed by atoms with van der Waals surface area (Å²) in [4.78, 5) is 12.2. The molecule has 1 N–H and O–H groups in total. The Bertz CT molecular complexity index is 870. The summed E-state index contributed by atoms with van der Waals surface area (Å²) in [7, 11) is 0. The molecule has 0 saturated carbocycles.